The summed E-state index contributed by atoms with van der Waals surface area (Å²) in [6, 6.07) is 7.96. The summed E-state index contributed by atoms with van der Waals surface area (Å²) in [6.07, 6.45) is 4.15. The van der Waals surface area contributed by atoms with Gasteiger partial charge in [-0.2, -0.15) is 0 Å². The van der Waals surface area contributed by atoms with E-state index in [4.69, 9.17) is 4.74 Å². The van der Waals surface area contributed by atoms with Gasteiger partial charge in [-0.3, -0.25) is 4.79 Å². The zero-order chi connectivity index (χ0) is 13.0. The van der Waals surface area contributed by atoms with Gasteiger partial charge in [-0.1, -0.05) is 24.3 Å². The molecule has 1 N–H and O–H groups in total. The topological polar surface area (TPSA) is 46.5 Å². The SMILES string of the molecule is COCCCCC1(C(=O)O)CCc2ccccc21. The smallest absolute Gasteiger partial charge is 0.314 e. The van der Waals surface area contributed by atoms with Crippen molar-refractivity contribution in [2.45, 2.75) is 37.5 Å². The highest BCUT2D eigenvalue weighted by Gasteiger charge is 2.44. The number of hydrogen-bond acceptors (Lipinski definition) is 2. The Morgan fingerprint density at radius 3 is 2.89 bits per heavy atom. The predicted molar refractivity (Wildman–Crippen MR) is 69.8 cm³/mol. The largest absolute Gasteiger partial charge is 0.481 e. The first kappa shape index (κ1) is 13.1. The van der Waals surface area contributed by atoms with E-state index in [1.54, 1.807) is 7.11 Å². The van der Waals surface area contributed by atoms with E-state index in [0.717, 1.165) is 31.2 Å². The number of aliphatic carboxylic acids is 1. The number of benzene rings is 1. The van der Waals surface area contributed by atoms with Crippen LogP contribution in [0.1, 0.15) is 36.8 Å². The van der Waals surface area contributed by atoms with Crippen molar-refractivity contribution in [2.24, 2.45) is 0 Å². The molecule has 1 unspecified atom stereocenters. The Bertz CT molecular complexity index is 428. The van der Waals surface area contributed by atoms with Crippen molar-refractivity contribution in [3.05, 3.63) is 35.4 Å². The molecule has 1 aliphatic rings. The lowest BCUT2D eigenvalue weighted by molar-refractivity contribution is -0.144. The standard InChI is InChI=1S/C15H20O3/c1-18-11-5-4-9-15(14(16)17)10-8-12-6-2-3-7-13(12)15/h2-3,6-7H,4-5,8-11H2,1H3,(H,16,17). The fourth-order valence-corrected chi connectivity index (χ4v) is 2.95. The molecule has 18 heavy (non-hydrogen) atoms. The molecule has 1 aromatic carbocycles. The second kappa shape index (κ2) is 5.53. The van der Waals surface area contributed by atoms with E-state index in [0.29, 0.717) is 13.0 Å². The summed E-state index contributed by atoms with van der Waals surface area (Å²) >= 11 is 0. The lowest BCUT2D eigenvalue weighted by Gasteiger charge is -2.25. The first-order valence-electron chi connectivity index (χ1n) is 6.51. The second-order valence-corrected chi connectivity index (χ2v) is 4.99. The van der Waals surface area contributed by atoms with Crippen LogP contribution in [0.2, 0.25) is 0 Å². The minimum absolute atomic E-state index is 0.662. The third kappa shape index (κ3) is 2.27. The monoisotopic (exact) mass is 248 g/mol. The Kier molecular flexibility index (Phi) is 4.02. The van der Waals surface area contributed by atoms with Gasteiger partial charge in [0.2, 0.25) is 0 Å². The molecule has 0 fully saturated rings. The Morgan fingerprint density at radius 1 is 1.39 bits per heavy atom. The molecule has 0 aromatic heterocycles. The van der Waals surface area contributed by atoms with Gasteiger partial charge in [0.25, 0.3) is 0 Å². The Morgan fingerprint density at radius 2 is 2.17 bits per heavy atom. The van der Waals surface area contributed by atoms with E-state index in [2.05, 4.69) is 6.07 Å². The number of rotatable bonds is 6. The fraction of sp³-hybridized carbons (Fsp3) is 0.533. The average Bonchev–Trinajstić information content (AvgIpc) is 2.75. The molecule has 0 bridgehead atoms. The quantitative estimate of drug-likeness (QED) is 0.787. The van der Waals surface area contributed by atoms with Crippen LogP contribution in [-0.2, 0) is 21.4 Å². The highest BCUT2D eigenvalue weighted by molar-refractivity contribution is 5.83. The van der Waals surface area contributed by atoms with Gasteiger partial charge >= 0.3 is 5.97 Å². The molecule has 0 radical (unpaired) electrons. The summed E-state index contributed by atoms with van der Waals surface area (Å²) < 4.78 is 5.02. The second-order valence-electron chi connectivity index (χ2n) is 4.99. The number of carbonyl (C=O) groups is 1. The molecule has 1 aromatic rings. The summed E-state index contributed by atoms with van der Waals surface area (Å²) in [5.41, 5.74) is 1.56. The highest BCUT2D eigenvalue weighted by atomic mass is 16.5. The molecule has 0 heterocycles. The van der Waals surface area contributed by atoms with Gasteiger partial charge in [-0.15, -0.1) is 0 Å². The predicted octanol–water partition coefficient (Wildman–Crippen LogP) is 2.77. The lowest BCUT2D eigenvalue weighted by atomic mass is 9.77. The van der Waals surface area contributed by atoms with Crippen LogP contribution in [0.4, 0.5) is 0 Å². The van der Waals surface area contributed by atoms with Crippen LogP contribution in [0.5, 0.6) is 0 Å². The van der Waals surface area contributed by atoms with Crippen LogP contribution in [0, 0.1) is 0 Å². The molecule has 98 valence electrons. The van der Waals surface area contributed by atoms with E-state index >= 15 is 0 Å². The summed E-state index contributed by atoms with van der Waals surface area (Å²) in [5.74, 6) is -0.676. The minimum atomic E-state index is -0.676. The van der Waals surface area contributed by atoms with Crippen molar-refractivity contribution in [2.75, 3.05) is 13.7 Å². The molecule has 1 aliphatic carbocycles. The molecule has 1 atom stereocenters. The third-order valence-corrected chi connectivity index (χ3v) is 3.97. The maximum absolute atomic E-state index is 11.7. The molecule has 0 spiro atoms. The first-order chi connectivity index (χ1) is 8.70. The number of methoxy groups -OCH3 is 1. The van der Waals surface area contributed by atoms with Crippen LogP contribution < -0.4 is 0 Å². The van der Waals surface area contributed by atoms with Crippen LogP contribution in [-0.4, -0.2) is 24.8 Å². The molecule has 3 heteroatoms. The van der Waals surface area contributed by atoms with Crippen molar-refractivity contribution in [3.8, 4) is 0 Å². The van der Waals surface area contributed by atoms with Gasteiger partial charge in [0.15, 0.2) is 0 Å². The average molecular weight is 248 g/mol. The van der Waals surface area contributed by atoms with Gasteiger partial charge < -0.3 is 9.84 Å². The number of unbranched alkanes of at least 4 members (excludes halogenated alkanes) is 1. The van der Waals surface area contributed by atoms with Crippen molar-refractivity contribution in [3.63, 3.8) is 0 Å². The number of aryl methyl sites for hydroxylation is 1. The van der Waals surface area contributed by atoms with E-state index < -0.39 is 11.4 Å². The molecule has 0 saturated heterocycles. The fourth-order valence-electron chi connectivity index (χ4n) is 2.95. The molecule has 0 aliphatic heterocycles. The van der Waals surface area contributed by atoms with E-state index in [1.165, 1.54) is 5.56 Å². The summed E-state index contributed by atoms with van der Waals surface area (Å²) in [5, 5.41) is 9.64. The lowest BCUT2D eigenvalue weighted by Crippen LogP contribution is -2.33. The van der Waals surface area contributed by atoms with Crippen LogP contribution in [0.15, 0.2) is 24.3 Å². The molecule has 0 amide bonds. The number of carboxylic acid groups (broad SMARTS) is 1. The Balaban J connectivity index is 2.17. The zero-order valence-electron chi connectivity index (χ0n) is 10.8. The third-order valence-electron chi connectivity index (χ3n) is 3.97. The summed E-state index contributed by atoms with van der Waals surface area (Å²) in [7, 11) is 1.68. The van der Waals surface area contributed by atoms with Crippen LogP contribution in [0.25, 0.3) is 0 Å². The van der Waals surface area contributed by atoms with Gasteiger partial charge in [0.1, 0.15) is 0 Å². The first-order valence-corrected chi connectivity index (χ1v) is 6.51. The molecule has 2 rings (SSSR count). The van der Waals surface area contributed by atoms with Crippen molar-refractivity contribution >= 4 is 5.97 Å². The molecule has 3 nitrogen and oxygen atoms in total. The number of fused-ring (bicyclic) bond motifs is 1. The normalized spacial score (nSPS) is 21.8. The number of hydrogen-bond donors (Lipinski definition) is 1. The molecular weight excluding hydrogens is 228 g/mol. The van der Waals surface area contributed by atoms with E-state index in [-0.39, 0.29) is 0 Å². The summed E-state index contributed by atoms with van der Waals surface area (Å²) in [6.45, 7) is 0.706. The van der Waals surface area contributed by atoms with Crippen molar-refractivity contribution in [1.82, 2.24) is 0 Å². The zero-order valence-corrected chi connectivity index (χ0v) is 10.8. The number of carboxylic acids is 1. The Labute approximate surface area is 108 Å². The van der Waals surface area contributed by atoms with E-state index in [1.807, 2.05) is 18.2 Å². The van der Waals surface area contributed by atoms with Gasteiger partial charge in [0, 0.05) is 13.7 Å². The van der Waals surface area contributed by atoms with Crippen molar-refractivity contribution < 1.29 is 14.6 Å². The van der Waals surface area contributed by atoms with Crippen LogP contribution >= 0.6 is 0 Å². The van der Waals surface area contributed by atoms with Gasteiger partial charge in [-0.05, 0) is 43.2 Å². The molecular formula is C15H20O3. The van der Waals surface area contributed by atoms with Gasteiger partial charge in [0.05, 0.1) is 5.41 Å². The molecule has 0 saturated carbocycles. The maximum atomic E-state index is 11.7. The van der Waals surface area contributed by atoms with Gasteiger partial charge in [-0.25, -0.2) is 0 Å². The maximum Gasteiger partial charge on any atom is 0.314 e. The Hall–Kier alpha value is -1.35. The van der Waals surface area contributed by atoms with Crippen LogP contribution in [0.3, 0.4) is 0 Å². The van der Waals surface area contributed by atoms with E-state index in [9.17, 15) is 9.90 Å². The summed E-state index contributed by atoms with van der Waals surface area (Å²) in [4.78, 5) is 11.7. The highest BCUT2D eigenvalue weighted by Crippen LogP contribution is 2.42. The number of ether oxygens (including phenoxy) is 1. The minimum Gasteiger partial charge on any atom is -0.481 e. The van der Waals surface area contributed by atoms with Crippen molar-refractivity contribution in [1.29, 1.82) is 0 Å².